The summed E-state index contributed by atoms with van der Waals surface area (Å²) in [5.41, 5.74) is 7.35. The molecule has 1 aromatic rings. The Kier molecular flexibility index (Phi) is 3.83. The molecule has 0 spiro atoms. The minimum Gasteiger partial charge on any atom is -0.493 e. The second-order valence-electron chi connectivity index (χ2n) is 4.82. The number of anilines is 1. The Morgan fingerprint density at radius 2 is 2.05 bits per heavy atom. The fourth-order valence-electron chi connectivity index (χ4n) is 2.02. The smallest absolute Gasteiger partial charge is 0.218 e. The van der Waals surface area contributed by atoms with E-state index in [1.54, 1.807) is 20.3 Å². The molecule has 1 aliphatic rings. The summed E-state index contributed by atoms with van der Waals surface area (Å²) in [6.45, 7) is 4.84. The molecule has 1 aliphatic heterocycles. The molecule has 0 saturated heterocycles. The van der Waals surface area contributed by atoms with Gasteiger partial charge in [0.1, 0.15) is 6.61 Å². The van der Waals surface area contributed by atoms with Crippen LogP contribution in [0.25, 0.3) is 0 Å². The molecule has 0 fully saturated rings. The lowest BCUT2D eigenvalue weighted by atomic mass is 10.1. The number of rotatable bonds is 4. The molecule has 0 saturated carbocycles. The first kappa shape index (κ1) is 13.5. The van der Waals surface area contributed by atoms with E-state index in [1.165, 1.54) is 0 Å². The molecule has 0 bridgehead atoms. The van der Waals surface area contributed by atoms with Crippen LogP contribution in [0, 0.1) is 5.92 Å². The molecule has 0 amide bonds. The summed E-state index contributed by atoms with van der Waals surface area (Å²) in [5.74, 6) is 2.14. The van der Waals surface area contributed by atoms with Gasteiger partial charge in [-0.2, -0.15) is 0 Å². The van der Waals surface area contributed by atoms with Gasteiger partial charge in [0, 0.05) is 0 Å². The van der Waals surface area contributed by atoms with E-state index in [9.17, 15) is 0 Å². The van der Waals surface area contributed by atoms with Crippen molar-refractivity contribution in [3.8, 4) is 11.5 Å². The van der Waals surface area contributed by atoms with Crippen molar-refractivity contribution >= 4 is 11.6 Å². The zero-order valence-corrected chi connectivity index (χ0v) is 11.8. The zero-order valence-electron chi connectivity index (χ0n) is 11.8. The maximum absolute atomic E-state index is 6.11. The fourth-order valence-corrected chi connectivity index (χ4v) is 2.02. The zero-order chi connectivity index (χ0) is 14.0. The van der Waals surface area contributed by atoms with Gasteiger partial charge in [-0.15, -0.1) is 0 Å². The third-order valence-electron chi connectivity index (χ3n) is 3.26. The van der Waals surface area contributed by atoms with Gasteiger partial charge in [0.25, 0.3) is 0 Å². The van der Waals surface area contributed by atoms with Crippen molar-refractivity contribution in [3.05, 3.63) is 17.7 Å². The van der Waals surface area contributed by atoms with Crippen LogP contribution < -0.4 is 15.2 Å². The molecule has 5 heteroatoms. The highest BCUT2D eigenvalue weighted by Gasteiger charge is 2.25. The summed E-state index contributed by atoms with van der Waals surface area (Å²) in [7, 11) is 3.14. The number of nitrogens with zero attached hydrogens (tertiary/aromatic N) is 1. The lowest BCUT2D eigenvalue weighted by Gasteiger charge is -2.13. The number of hydrogen-bond acceptors (Lipinski definition) is 5. The molecule has 0 radical (unpaired) electrons. The van der Waals surface area contributed by atoms with E-state index in [4.69, 9.17) is 19.9 Å². The van der Waals surface area contributed by atoms with Crippen molar-refractivity contribution in [1.82, 2.24) is 0 Å². The maximum Gasteiger partial charge on any atom is 0.218 e. The molecule has 0 aromatic heterocycles. The Morgan fingerprint density at radius 3 is 2.58 bits per heavy atom. The lowest BCUT2D eigenvalue weighted by Crippen LogP contribution is -2.13. The lowest BCUT2D eigenvalue weighted by molar-refractivity contribution is 0.291. The van der Waals surface area contributed by atoms with Crippen molar-refractivity contribution < 1.29 is 14.2 Å². The van der Waals surface area contributed by atoms with Crippen LogP contribution in [0.2, 0.25) is 0 Å². The first-order valence-corrected chi connectivity index (χ1v) is 6.29. The van der Waals surface area contributed by atoms with Crippen LogP contribution >= 0.6 is 0 Å². The van der Waals surface area contributed by atoms with E-state index >= 15 is 0 Å². The van der Waals surface area contributed by atoms with Crippen LogP contribution in [-0.2, 0) is 4.74 Å². The molecular weight excluding hydrogens is 244 g/mol. The highest BCUT2D eigenvalue weighted by molar-refractivity contribution is 6.01. The summed E-state index contributed by atoms with van der Waals surface area (Å²) < 4.78 is 16.1. The van der Waals surface area contributed by atoms with Gasteiger partial charge in [-0.1, -0.05) is 13.8 Å². The Balaban J connectivity index is 2.39. The second-order valence-corrected chi connectivity index (χ2v) is 4.82. The van der Waals surface area contributed by atoms with Crippen LogP contribution in [0.15, 0.2) is 17.1 Å². The highest BCUT2D eigenvalue weighted by Crippen LogP contribution is 2.36. The SMILES string of the molecule is COc1ccc(C2=N[C@@H](C(C)C)CO2)c(N)c1OC. The van der Waals surface area contributed by atoms with Crippen LogP contribution in [0.3, 0.4) is 0 Å². The average molecular weight is 264 g/mol. The number of aliphatic imine (C=N–C) groups is 1. The Bertz CT molecular complexity index is 498. The highest BCUT2D eigenvalue weighted by atomic mass is 16.5. The minimum atomic E-state index is 0.183. The first-order chi connectivity index (χ1) is 9.08. The standard InChI is InChI=1S/C14H20N2O3/c1-8(2)10-7-19-14(16-10)9-5-6-11(17-3)13(18-4)12(9)15/h5-6,8,10H,7,15H2,1-4H3/t10-/m1/s1. The van der Waals surface area contributed by atoms with Gasteiger partial charge in [-0.05, 0) is 18.1 Å². The van der Waals surface area contributed by atoms with Gasteiger partial charge in [0.05, 0.1) is 31.5 Å². The van der Waals surface area contributed by atoms with Gasteiger partial charge in [0.2, 0.25) is 5.90 Å². The van der Waals surface area contributed by atoms with Crippen molar-refractivity contribution in [2.75, 3.05) is 26.6 Å². The Labute approximate surface area is 113 Å². The van der Waals surface area contributed by atoms with Crippen LogP contribution in [0.1, 0.15) is 19.4 Å². The van der Waals surface area contributed by atoms with Crippen molar-refractivity contribution in [1.29, 1.82) is 0 Å². The van der Waals surface area contributed by atoms with Crippen molar-refractivity contribution in [2.45, 2.75) is 19.9 Å². The summed E-state index contributed by atoms with van der Waals surface area (Å²) in [6, 6.07) is 3.83. The fraction of sp³-hybridized carbons (Fsp3) is 0.500. The number of ether oxygens (including phenoxy) is 3. The van der Waals surface area contributed by atoms with Gasteiger partial charge in [-0.25, -0.2) is 4.99 Å². The van der Waals surface area contributed by atoms with Crippen LogP contribution in [-0.4, -0.2) is 32.8 Å². The number of nitrogens with two attached hydrogens (primary N) is 1. The third-order valence-corrected chi connectivity index (χ3v) is 3.26. The molecule has 1 heterocycles. The molecule has 2 rings (SSSR count). The molecule has 0 unspecified atom stereocenters. The Morgan fingerprint density at radius 1 is 1.32 bits per heavy atom. The molecule has 5 nitrogen and oxygen atoms in total. The van der Waals surface area contributed by atoms with Crippen molar-refractivity contribution in [2.24, 2.45) is 10.9 Å². The quantitative estimate of drug-likeness (QED) is 0.846. The Hall–Kier alpha value is -1.91. The molecule has 0 aliphatic carbocycles. The molecule has 1 aromatic carbocycles. The molecule has 19 heavy (non-hydrogen) atoms. The first-order valence-electron chi connectivity index (χ1n) is 6.29. The van der Waals surface area contributed by atoms with Crippen molar-refractivity contribution in [3.63, 3.8) is 0 Å². The summed E-state index contributed by atoms with van der Waals surface area (Å²) in [6.07, 6.45) is 0. The summed E-state index contributed by atoms with van der Waals surface area (Å²) in [4.78, 5) is 4.57. The average Bonchev–Trinajstić information content (AvgIpc) is 2.87. The van der Waals surface area contributed by atoms with E-state index in [1.807, 2.05) is 6.07 Å². The van der Waals surface area contributed by atoms with E-state index < -0.39 is 0 Å². The van der Waals surface area contributed by atoms with E-state index in [2.05, 4.69) is 18.8 Å². The number of hydrogen-bond donors (Lipinski definition) is 1. The molecule has 1 atom stereocenters. The van der Waals surface area contributed by atoms with Gasteiger partial charge < -0.3 is 19.9 Å². The third kappa shape index (κ3) is 2.45. The summed E-state index contributed by atoms with van der Waals surface area (Å²) >= 11 is 0. The van der Waals surface area contributed by atoms with E-state index in [-0.39, 0.29) is 6.04 Å². The predicted molar refractivity (Wildman–Crippen MR) is 75.1 cm³/mol. The molecule has 2 N–H and O–H groups in total. The second kappa shape index (κ2) is 5.38. The predicted octanol–water partition coefficient (Wildman–Crippen LogP) is 2.09. The number of nitrogen functional groups attached to an aromatic ring is 1. The maximum atomic E-state index is 6.11. The largest absolute Gasteiger partial charge is 0.493 e. The van der Waals surface area contributed by atoms with Gasteiger partial charge in [-0.3, -0.25) is 0 Å². The van der Waals surface area contributed by atoms with Gasteiger partial charge >= 0.3 is 0 Å². The van der Waals surface area contributed by atoms with Crippen LogP contribution in [0.4, 0.5) is 5.69 Å². The normalized spacial score (nSPS) is 18.2. The summed E-state index contributed by atoms with van der Waals surface area (Å²) in [5, 5.41) is 0. The van der Waals surface area contributed by atoms with Gasteiger partial charge in [0.15, 0.2) is 11.5 Å². The number of methoxy groups -OCH3 is 2. The minimum absolute atomic E-state index is 0.183. The number of benzene rings is 1. The molecule has 104 valence electrons. The van der Waals surface area contributed by atoms with Crippen LogP contribution in [0.5, 0.6) is 11.5 Å². The van der Waals surface area contributed by atoms with E-state index in [0.29, 0.717) is 35.6 Å². The monoisotopic (exact) mass is 264 g/mol. The topological polar surface area (TPSA) is 66.1 Å². The van der Waals surface area contributed by atoms with E-state index in [0.717, 1.165) is 5.56 Å². The molecular formula is C14H20N2O3.